The van der Waals surface area contributed by atoms with E-state index in [1.807, 2.05) is 30.6 Å². The van der Waals surface area contributed by atoms with Gasteiger partial charge in [0.1, 0.15) is 5.60 Å². The monoisotopic (exact) mass is 950 g/mol. The van der Waals surface area contributed by atoms with E-state index in [1.54, 1.807) is 32.5 Å². The lowest BCUT2D eigenvalue weighted by molar-refractivity contribution is -0.133. The van der Waals surface area contributed by atoms with Crippen molar-refractivity contribution in [1.29, 1.82) is 0 Å². The number of fused-ring (bicyclic) bond motifs is 4. The third-order valence-electron chi connectivity index (χ3n) is 13.4. The molecule has 8 rings (SSSR count). The Morgan fingerprint density at radius 2 is 1.16 bits per heavy atom. The average molecular weight is 951 g/mol. The summed E-state index contributed by atoms with van der Waals surface area (Å²) in [5.41, 5.74) is 13.2. The molecule has 2 saturated heterocycles. The summed E-state index contributed by atoms with van der Waals surface area (Å²) in [6.45, 7) is 12.6. The molecule has 12 heteroatoms. The molecule has 4 aromatic rings. The number of hydrogen-bond donors (Lipinski definition) is 4. The van der Waals surface area contributed by atoms with Gasteiger partial charge in [0.25, 0.3) is 0 Å². The van der Waals surface area contributed by atoms with Crippen molar-refractivity contribution in [2.24, 2.45) is 5.41 Å². The van der Waals surface area contributed by atoms with Gasteiger partial charge in [-0.1, -0.05) is 123 Å². The fourth-order valence-electron chi connectivity index (χ4n) is 9.68. The zero-order chi connectivity index (χ0) is 49.0. The molecule has 69 heavy (non-hydrogen) atoms. The van der Waals surface area contributed by atoms with Crippen molar-refractivity contribution in [3.05, 3.63) is 129 Å². The Bertz CT molecular complexity index is 2700. The molecule has 11 nitrogen and oxygen atoms in total. The molecular formula is C57H66N4O7S. The summed E-state index contributed by atoms with van der Waals surface area (Å²) in [6.07, 6.45) is 7.39. The molecule has 0 saturated carbocycles. The Morgan fingerprint density at radius 1 is 0.623 bits per heavy atom. The zero-order valence-corrected chi connectivity index (χ0v) is 41.6. The van der Waals surface area contributed by atoms with Crippen molar-refractivity contribution in [2.45, 2.75) is 114 Å². The van der Waals surface area contributed by atoms with Crippen LogP contribution in [-0.2, 0) is 19.1 Å². The Kier molecular flexibility index (Phi) is 15.0. The van der Waals surface area contributed by atoms with E-state index in [0.29, 0.717) is 32.6 Å². The number of nitrogens with zero attached hydrogens (tertiary/aromatic N) is 2. The number of likely N-dealkylation sites (tertiary alicyclic amines) is 2. The largest absolute Gasteiger partial charge is 0.444 e. The van der Waals surface area contributed by atoms with Crippen LogP contribution in [0.15, 0.2) is 106 Å². The molecule has 2 atom stereocenters. The lowest BCUT2D eigenvalue weighted by Gasteiger charge is -2.33. The minimum absolute atomic E-state index is 0.00561. The number of carbonyl (C=O) groups is 4. The van der Waals surface area contributed by atoms with E-state index in [9.17, 15) is 29.4 Å². The molecule has 4 N–H and O–H groups in total. The van der Waals surface area contributed by atoms with Gasteiger partial charge in [-0.15, -0.1) is 0 Å². The highest BCUT2D eigenvalue weighted by molar-refractivity contribution is 7.99. The zero-order valence-electron chi connectivity index (χ0n) is 40.8. The third-order valence-corrected chi connectivity index (χ3v) is 14.5. The first-order valence-corrected chi connectivity index (χ1v) is 25.2. The first-order chi connectivity index (χ1) is 33.0. The lowest BCUT2D eigenvalue weighted by Crippen LogP contribution is -2.45. The number of aliphatic hydroxyl groups is 2. The minimum Gasteiger partial charge on any atom is -0.444 e. The summed E-state index contributed by atoms with van der Waals surface area (Å²) in [5, 5.41) is 25.5. The Morgan fingerprint density at radius 3 is 1.80 bits per heavy atom. The molecule has 3 aliphatic heterocycles. The lowest BCUT2D eigenvalue weighted by atomic mass is 9.84. The van der Waals surface area contributed by atoms with Crippen LogP contribution in [0.1, 0.15) is 120 Å². The maximum Gasteiger partial charge on any atom is 0.407 e. The van der Waals surface area contributed by atoms with Crippen LogP contribution in [0.5, 0.6) is 0 Å². The molecule has 4 aromatic carbocycles. The summed E-state index contributed by atoms with van der Waals surface area (Å²) < 4.78 is 5.34. The number of nitrogens with one attached hydrogen (secondary N) is 2. The number of aliphatic hydroxyl groups excluding tert-OH is 2. The number of alkyl carbamates (subject to hydrolysis) is 1. The fraction of sp³-hybridized carbons (Fsp3) is 0.404. The molecule has 2 fully saturated rings. The topological polar surface area (TPSA) is 149 Å². The van der Waals surface area contributed by atoms with E-state index < -0.39 is 29.2 Å². The highest BCUT2D eigenvalue weighted by Gasteiger charge is 2.31. The highest BCUT2D eigenvalue weighted by atomic mass is 32.2. The van der Waals surface area contributed by atoms with Gasteiger partial charge in [-0.25, -0.2) is 4.79 Å². The van der Waals surface area contributed by atoms with Crippen LogP contribution in [-0.4, -0.2) is 101 Å². The number of hydrogen-bond acceptors (Lipinski definition) is 8. The number of ether oxygens (including phenoxy) is 1. The van der Waals surface area contributed by atoms with Gasteiger partial charge in [0.2, 0.25) is 17.7 Å². The van der Waals surface area contributed by atoms with Gasteiger partial charge in [-0.3, -0.25) is 14.4 Å². The summed E-state index contributed by atoms with van der Waals surface area (Å²) in [4.78, 5) is 58.0. The third kappa shape index (κ3) is 11.6. The summed E-state index contributed by atoms with van der Waals surface area (Å²) in [5.74, 6) is -0.203. The van der Waals surface area contributed by atoms with Crippen LogP contribution >= 0.6 is 11.8 Å². The van der Waals surface area contributed by atoms with Crippen molar-refractivity contribution in [1.82, 2.24) is 20.4 Å². The predicted octanol–water partition coefficient (Wildman–Crippen LogP) is 9.73. The Labute approximate surface area is 411 Å². The molecule has 3 heterocycles. The van der Waals surface area contributed by atoms with Crippen LogP contribution in [0.3, 0.4) is 0 Å². The van der Waals surface area contributed by atoms with E-state index in [0.717, 1.165) is 47.9 Å². The van der Waals surface area contributed by atoms with Crippen LogP contribution in [0.2, 0.25) is 0 Å². The summed E-state index contributed by atoms with van der Waals surface area (Å²) in [7, 11) is 0. The number of rotatable bonds is 10. The second-order valence-electron chi connectivity index (χ2n) is 20.6. The van der Waals surface area contributed by atoms with Gasteiger partial charge >= 0.3 is 6.09 Å². The molecule has 4 amide bonds. The highest BCUT2D eigenvalue weighted by Crippen LogP contribution is 2.49. The van der Waals surface area contributed by atoms with Crippen molar-refractivity contribution in [2.75, 3.05) is 39.4 Å². The second kappa shape index (κ2) is 21.0. The molecule has 4 aliphatic rings. The molecule has 2 unspecified atom stereocenters. The van der Waals surface area contributed by atoms with Crippen molar-refractivity contribution < 1.29 is 34.1 Å². The molecule has 0 radical (unpaired) electrons. The molecule has 0 bridgehead atoms. The molecule has 362 valence electrons. The fourth-order valence-corrected chi connectivity index (χ4v) is 10.8. The van der Waals surface area contributed by atoms with Crippen molar-refractivity contribution in [3.8, 4) is 11.1 Å². The maximum atomic E-state index is 13.5. The summed E-state index contributed by atoms with van der Waals surface area (Å²) in [6, 6.07) is 29.5. The first kappa shape index (κ1) is 49.5. The van der Waals surface area contributed by atoms with Gasteiger partial charge in [-0.05, 0) is 127 Å². The van der Waals surface area contributed by atoms with Crippen molar-refractivity contribution in [3.63, 3.8) is 0 Å². The number of benzene rings is 4. The van der Waals surface area contributed by atoms with E-state index >= 15 is 0 Å². The minimum atomic E-state index is -0.732. The van der Waals surface area contributed by atoms with E-state index in [4.69, 9.17) is 4.74 Å². The van der Waals surface area contributed by atoms with Gasteiger partial charge in [0.05, 0.1) is 25.3 Å². The van der Waals surface area contributed by atoms with Gasteiger partial charge < -0.3 is 35.4 Å². The van der Waals surface area contributed by atoms with Crippen LogP contribution < -0.4 is 10.6 Å². The van der Waals surface area contributed by atoms with Crippen molar-refractivity contribution >= 4 is 58.9 Å². The Balaban J connectivity index is 1.00. The maximum absolute atomic E-state index is 13.5. The van der Waals surface area contributed by atoms with Crippen LogP contribution in [0, 0.1) is 5.41 Å². The average Bonchev–Trinajstić information content (AvgIpc) is 3.49. The molecule has 0 spiro atoms. The SMILES string of the molecule is CC(C)(C)OC(=O)NC(CO)CC(=O)N1CCC(=C2c3ccccc3Sc3cc(-c4ccc5c(c4)C=Cc4ccccc4C5=C4CCN(C(=O)CCC(CO)NC(=O)C(C)(C)C)CC4)ccc32)CC1. The standard InChI is InChI=1S/C57H66N4O7S/c1-56(2,3)54(66)58-42(34-62)19-22-50(64)60-27-23-37(24-28-60)52-44-12-8-7-11-36(44)15-16-41-31-39(17-20-45(41)52)40-18-21-47-49(32-40)69-48-14-10-9-13-46(48)53(47)38-25-29-61(30-26-38)51(65)33-43(35-63)59-55(67)68-57(4,5)6/h7-18,20-21,31-32,42-43,62-63H,19,22-30,33-35H2,1-6H3,(H,58,66)(H,59,67). The number of piperidine rings is 2. The van der Waals surface area contributed by atoms with Crippen LogP contribution in [0.4, 0.5) is 4.79 Å². The predicted molar refractivity (Wildman–Crippen MR) is 274 cm³/mol. The van der Waals surface area contributed by atoms with Crippen LogP contribution in [0.25, 0.3) is 34.4 Å². The molecular weight excluding hydrogens is 885 g/mol. The van der Waals surface area contributed by atoms with Gasteiger partial charge in [0, 0.05) is 54.2 Å². The van der Waals surface area contributed by atoms with E-state index in [2.05, 4.69) is 108 Å². The van der Waals surface area contributed by atoms with E-state index in [1.165, 1.54) is 54.3 Å². The number of amides is 4. The molecule has 0 aromatic heterocycles. The first-order valence-electron chi connectivity index (χ1n) is 24.4. The van der Waals surface area contributed by atoms with Gasteiger partial charge in [0.15, 0.2) is 0 Å². The summed E-state index contributed by atoms with van der Waals surface area (Å²) >= 11 is 1.79. The Hall–Kier alpha value is -5.95. The quantitative estimate of drug-likeness (QED) is 0.106. The normalized spacial score (nSPS) is 16.6. The number of carbonyl (C=O) groups excluding carboxylic acids is 4. The smallest absolute Gasteiger partial charge is 0.407 e. The van der Waals surface area contributed by atoms with E-state index in [-0.39, 0.29) is 43.8 Å². The second-order valence-corrected chi connectivity index (χ2v) is 21.7. The molecule has 1 aliphatic carbocycles. The van der Waals surface area contributed by atoms with Gasteiger partial charge in [-0.2, -0.15) is 0 Å².